The molecule has 2 unspecified atom stereocenters. The summed E-state index contributed by atoms with van der Waals surface area (Å²) < 4.78 is 10.4. The van der Waals surface area contributed by atoms with Crippen LogP contribution in [0.5, 0.6) is 5.75 Å². The van der Waals surface area contributed by atoms with E-state index >= 15 is 0 Å². The fourth-order valence-corrected chi connectivity index (χ4v) is 4.68. The van der Waals surface area contributed by atoms with E-state index in [1.165, 1.54) is 31.7 Å². The van der Waals surface area contributed by atoms with Crippen LogP contribution in [0.4, 0.5) is 0 Å². The largest absolute Gasteiger partial charge is 0.507 e. The lowest BCUT2D eigenvalue weighted by atomic mass is 9.98. The maximum atomic E-state index is 12.5. The summed E-state index contributed by atoms with van der Waals surface area (Å²) in [6.07, 6.45) is 6.03. The molecule has 0 saturated heterocycles. The zero-order valence-corrected chi connectivity index (χ0v) is 18.3. The highest BCUT2D eigenvalue weighted by Gasteiger charge is 2.45. The third-order valence-corrected chi connectivity index (χ3v) is 6.41. The zero-order valence-electron chi connectivity index (χ0n) is 18.3. The van der Waals surface area contributed by atoms with E-state index in [4.69, 9.17) is 4.74 Å². The molecule has 2 aliphatic carbocycles. The van der Waals surface area contributed by atoms with E-state index in [0.29, 0.717) is 11.1 Å². The summed E-state index contributed by atoms with van der Waals surface area (Å²) in [7, 11) is 1.24. The number of aliphatic hydroxyl groups is 1. The van der Waals surface area contributed by atoms with Gasteiger partial charge < -0.3 is 19.7 Å². The van der Waals surface area contributed by atoms with Crippen molar-refractivity contribution in [3.8, 4) is 5.75 Å². The molecule has 2 aromatic carbocycles. The van der Waals surface area contributed by atoms with E-state index in [-0.39, 0.29) is 41.3 Å². The minimum Gasteiger partial charge on any atom is -0.507 e. The molecule has 2 aromatic rings. The molecule has 8 heteroatoms. The van der Waals surface area contributed by atoms with Gasteiger partial charge in [0.25, 0.3) is 0 Å². The fraction of sp³-hybridized carbons (Fsp3) is 0.360. The van der Waals surface area contributed by atoms with Gasteiger partial charge in [-0.05, 0) is 73.1 Å². The molecule has 2 saturated carbocycles. The number of esters is 2. The zero-order chi connectivity index (χ0) is 23.4. The Kier molecular flexibility index (Phi) is 6.84. The molecule has 0 heterocycles. The van der Waals surface area contributed by atoms with E-state index in [1.807, 2.05) is 0 Å². The molecule has 8 nitrogen and oxygen atoms in total. The van der Waals surface area contributed by atoms with Gasteiger partial charge in [0.15, 0.2) is 0 Å². The molecule has 33 heavy (non-hydrogen) atoms. The predicted molar refractivity (Wildman–Crippen MR) is 122 cm³/mol. The number of nitrogens with zero attached hydrogens (tertiary/aromatic N) is 2. The van der Waals surface area contributed by atoms with Gasteiger partial charge in [-0.1, -0.05) is 12.1 Å². The fourth-order valence-electron chi connectivity index (χ4n) is 4.68. The van der Waals surface area contributed by atoms with Gasteiger partial charge in [0.1, 0.15) is 17.4 Å². The molecule has 0 radical (unpaired) electrons. The van der Waals surface area contributed by atoms with Crippen molar-refractivity contribution in [2.24, 2.45) is 22.0 Å². The lowest BCUT2D eigenvalue weighted by Gasteiger charge is -2.19. The van der Waals surface area contributed by atoms with Gasteiger partial charge in [-0.25, -0.2) is 9.59 Å². The number of carbonyl (C=O) groups excluding carboxylic acids is 2. The van der Waals surface area contributed by atoms with Crippen LogP contribution in [0.15, 0.2) is 52.7 Å². The van der Waals surface area contributed by atoms with Crippen LogP contribution < -0.4 is 0 Å². The molecule has 2 fully saturated rings. The second-order valence-corrected chi connectivity index (χ2v) is 8.37. The molecule has 0 bridgehead atoms. The Hall–Kier alpha value is -3.52. The van der Waals surface area contributed by atoms with E-state index < -0.39 is 5.97 Å². The van der Waals surface area contributed by atoms with Crippen molar-refractivity contribution in [1.29, 1.82) is 0 Å². The molecule has 0 aliphatic heterocycles. The first-order valence-electron chi connectivity index (χ1n) is 10.9. The number of fused-ring (bicyclic) bond motifs is 1. The number of methoxy groups -OCH3 is 1. The SMILES string of the molecule is COC(=O)c1cc(/C=N/N=C/c2ccc(C(=O)O[C@@H]3CCC4C3CC[C@H]4O)cc2)ccc1O. The van der Waals surface area contributed by atoms with Crippen molar-refractivity contribution in [3.63, 3.8) is 0 Å². The number of hydrogen-bond donors (Lipinski definition) is 2. The van der Waals surface area contributed by atoms with Crippen molar-refractivity contribution in [3.05, 3.63) is 64.7 Å². The quantitative estimate of drug-likeness (QED) is 0.396. The van der Waals surface area contributed by atoms with E-state index in [2.05, 4.69) is 14.9 Å². The maximum Gasteiger partial charge on any atom is 0.341 e. The highest BCUT2D eigenvalue weighted by molar-refractivity contribution is 5.95. The Bertz CT molecular complexity index is 1080. The third kappa shape index (κ3) is 5.12. The number of benzene rings is 2. The standard InChI is InChI=1S/C25H26N2O6/c1-32-25(31)20-12-16(4-9-22(20)29)14-27-26-13-15-2-5-17(6-3-15)24(30)33-23-11-8-18-19(23)7-10-21(18)28/h2-6,9,12-14,18-19,21,23,28-29H,7-8,10-11H2,1H3/b26-13+,27-14+/t18?,19?,21-,23-/m1/s1. The minimum atomic E-state index is -0.640. The topological polar surface area (TPSA) is 118 Å². The van der Waals surface area contributed by atoms with Crippen LogP contribution in [0.2, 0.25) is 0 Å². The van der Waals surface area contributed by atoms with Gasteiger partial charge in [0, 0.05) is 5.92 Å². The number of aromatic hydroxyl groups is 1. The Morgan fingerprint density at radius 1 is 0.909 bits per heavy atom. The maximum absolute atomic E-state index is 12.5. The average molecular weight is 450 g/mol. The predicted octanol–water partition coefficient (Wildman–Crippen LogP) is 3.34. The smallest absolute Gasteiger partial charge is 0.341 e. The highest BCUT2D eigenvalue weighted by atomic mass is 16.5. The summed E-state index contributed by atoms with van der Waals surface area (Å²) in [5, 5.41) is 27.7. The van der Waals surface area contributed by atoms with Gasteiger partial charge >= 0.3 is 11.9 Å². The van der Waals surface area contributed by atoms with Gasteiger partial charge in [0.2, 0.25) is 0 Å². The number of phenolic OH excluding ortho intramolecular Hbond substituents is 1. The van der Waals surface area contributed by atoms with E-state index in [0.717, 1.165) is 31.2 Å². The van der Waals surface area contributed by atoms with Gasteiger partial charge in [-0.3, -0.25) is 0 Å². The number of rotatable bonds is 6. The van der Waals surface area contributed by atoms with Gasteiger partial charge in [-0.2, -0.15) is 10.2 Å². The highest BCUT2D eigenvalue weighted by Crippen LogP contribution is 2.45. The van der Waals surface area contributed by atoms with Crippen molar-refractivity contribution < 1.29 is 29.3 Å². The normalized spacial score (nSPS) is 24.3. The first-order valence-corrected chi connectivity index (χ1v) is 10.9. The van der Waals surface area contributed by atoms with Gasteiger partial charge in [-0.15, -0.1) is 0 Å². The summed E-state index contributed by atoms with van der Waals surface area (Å²) in [5.41, 5.74) is 1.85. The average Bonchev–Trinajstić information content (AvgIpc) is 3.40. The molecule has 4 atom stereocenters. The number of phenols is 1. The molecule has 0 amide bonds. The summed E-state index contributed by atoms with van der Waals surface area (Å²) in [6, 6.07) is 11.3. The van der Waals surface area contributed by atoms with Crippen molar-refractivity contribution in [2.75, 3.05) is 7.11 Å². The molecule has 0 spiro atoms. The lowest BCUT2D eigenvalue weighted by molar-refractivity contribution is 0.0175. The third-order valence-electron chi connectivity index (χ3n) is 6.41. The van der Waals surface area contributed by atoms with Gasteiger partial charge in [0.05, 0.1) is 31.2 Å². The Morgan fingerprint density at radius 2 is 1.58 bits per heavy atom. The Labute approximate surface area is 191 Å². The summed E-state index contributed by atoms with van der Waals surface area (Å²) in [4.78, 5) is 24.2. The minimum absolute atomic E-state index is 0.0464. The molecule has 172 valence electrons. The second-order valence-electron chi connectivity index (χ2n) is 8.37. The number of aliphatic hydroxyl groups excluding tert-OH is 1. The van der Waals surface area contributed by atoms with Crippen molar-refractivity contribution in [1.82, 2.24) is 0 Å². The van der Waals surface area contributed by atoms with Crippen LogP contribution in [0.3, 0.4) is 0 Å². The van der Waals surface area contributed by atoms with Crippen LogP contribution in [-0.2, 0) is 9.47 Å². The summed E-state index contributed by atoms with van der Waals surface area (Å²) in [6.45, 7) is 0. The van der Waals surface area contributed by atoms with Crippen molar-refractivity contribution in [2.45, 2.75) is 37.9 Å². The number of hydrogen-bond acceptors (Lipinski definition) is 8. The molecular formula is C25H26N2O6. The van der Waals surface area contributed by atoms with E-state index in [1.54, 1.807) is 30.3 Å². The summed E-state index contributed by atoms with van der Waals surface area (Å²) in [5.74, 6) is -0.633. The molecule has 0 aromatic heterocycles. The monoisotopic (exact) mass is 450 g/mol. The van der Waals surface area contributed by atoms with Crippen molar-refractivity contribution >= 4 is 24.4 Å². The summed E-state index contributed by atoms with van der Waals surface area (Å²) >= 11 is 0. The van der Waals surface area contributed by atoms with Crippen LogP contribution in [0.25, 0.3) is 0 Å². The lowest BCUT2D eigenvalue weighted by Crippen LogP contribution is -2.24. The first-order chi connectivity index (χ1) is 16.0. The van der Waals surface area contributed by atoms with E-state index in [9.17, 15) is 19.8 Å². The molecular weight excluding hydrogens is 424 g/mol. The van der Waals surface area contributed by atoms with Crippen LogP contribution in [-0.4, -0.2) is 53.9 Å². The Morgan fingerprint density at radius 3 is 2.30 bits per heavy atom. The molecule has 2 N–H and O–H groups in total. The molecule has 2 aliphatic rings. The van der Waals surface area contributed by atoms with Crippen LogP contribution in [0.1, 0.15) is 57.5 Å². The second kappa shape index (κ2) is 9.95. The van der Waals surface area contributed by atoms with Crippen LogP contribution in [0, 0.1) is 11.8 Å². The number of ether oxygens (including phenoxy) is 2. The number of carbonyl (C=O) groups is 2. The van der Waals surface area contributed by atoms with Crippen LogP contribution >= 0.6 is 0 Å². The Balaban J connectivity index is 1.33. The molecule has 4 rings (SSSR count). The first kappa shape index (κ1) is 22.7.